The summed E-state index contributed by atoms with van der Waals surface area (Å²) in [5.74, 6) is 1.04. The fourth-order valence-corrected chi connectivity index (χ4v) is 5.14. The van der Waals surface area contributed by atoms with E-state index in [0.29, 0.717) is 39.4 Å². The maximum absolute atomic E-state index is 11.6. The van der Waals surface area contributed by atoms with Crippen molar-refractivity contribution in [1.82, 2.24) is 4.90 Å². The molecule has 0 spiro atoms. The maximum atomic E-state index is 11.6. The second kappa shape index (κ2) is 13.3. The van der Waals surface area contributed by atoms with Crippen LogP contribution in [-0.4, -0.2) is 48.5 Å². The van der Waals surface area contributed by atoms with Gasteiger partial charge in [-0.25, -0.2) is 0 Å². The van der Waals surface area contributed by atoms with Gasteiger partial charge in [0.15, 0.2) is 0 Å². The first-order valence-corrected chi connectivity index (χ1v) is 13.7. The molecule has 40 heavy (non-hydrogen) atoms. The van der Waals surface area contributed by atoms with Gasteiger partial charge in [0.2, 0.25) is 0 Å². The number of hydrogen-bond donors (Lipinski definition) is 1. The predicted molar refractivity (Wildman–Crippen MR) is 151 cm³/mol. The Hall–Kier alpha value is -4.07. The van der Waals surface area contributed by atoms with Crippen LogP contribution in [0.5, 0.6) is 11.5 Å². The van der Waals surface area contributed by atoms with Crippen LogP contribution < -0.4 is 9.84 Å². The highest BCUT2D eigenvalue weighted by Crippen LogP contribution is 2.32. The van der Waals surface area contributed by atoms with Gasteiger partial charge in [-0.1, -0.05) is 60.7 Å². The third-order valence-electron chi connectivity index (χ3n) is 7.29. The van der Waals surface area contributed by atoms with Crippen LogP contribution in [0.15, 0.2) is 91.0 Å². The van der Waals surface area contributed by atoms with E-state index in [1.165, 1.54) is 4.90 Å². The molecule has 7 heteroatoms. The van der Waals surface area contributed by atoms with E-state index in [-0.39, 0.29) is 24.3 Å². The molecule has 0 saturated carbocycles. The molecule has 1 N–H and O–H groups in total. The quantitative estimate of drug-likeness (QED) is 0.261. The number of hydrogen-bond acceptors (Lipinski definition) is 6. The number of fused-ring (bicyclic) bond motifs is 1. The molecule has 4 aromatic carbocycles. The number of nitrogens with zero attached hydrogens (tertiary/aromatic N) is 1. The van der Waals surface area contributed by atoms with Gasteiger partial charge < -0.3 is 34.1 Å². The Balaban J connectivity index is 1.15. The molecule has 2 unspecified atom stereocenters. The van der Waals surface area contributed by atoms with Gasteiger partial charge in [0.25, 0.3) is 0 Å². The first kappa shape index (κ1) is 27.5. The summed E-state index contributed by atoms with van der Waals surface area (Å²) in [6, 6.07) is 29.3. The van der Waals surface area contributed by atoms with Gasteiger partial charge in [-0.05, 0) is 64.2 Å². The van der Waals surface area contributed by atoms with Crippen molar-refractivity contribution < 1.29 is 29.2 Å². The second-order valence-corrected chi connectivity index (χ2v) is 10.1. The molecule has 0 radical (unpaired) electrons. The molecule has 208 valence electrons. The lowest BCUT2D eigenvalue weighted by Crippen LogP contribution is -2.51. The summed E-state index contributed by atoms with van der Waals surface area (Å²) in [5, 5.41) is 23.4. The van der Waals surface area contributed by atoms with E-state index in [2.05, 4.69) is 0 Å². The average molecular weight is 541 g/mol. The molecular weight excluding hydrogens is 506 g/mol. The van der Waals surface area contributed by atoms with Crippen molar-refractivity contribution in [2.45, 2.75) is 38.1 Å². The number of phenolic OH excluding ortho intramolecular Hbond substituents is 1. The van der Waals surface area contributed by atoms with Gasteiger partial charge in [0, 0.05) is 25.4 Å². The lowest BCUT2D eigenvalue weighted by Gasteiger charge is -2.40. The molecule has 0 aliphatic carbocycles. The Kier molecular flexibility index (Phi) is 9.16. The Morgan fingerprint density at radius 2 is 1.68 bits per heavy atom. The minimum atomic E-state index is -1.18. The zero-order valence-electron chi connectivity index (χ0n) is 22.4. The summed E-state index contributed by atoms with van der Waals surface area (Å²) in [7, 11) is 0. The van der Waals surface area contributed by atoms with Crippen molar-refractivity contribution in [3.8, 4) is 11.5 Å². The molecule has 1 aliphatic heterocycles. The number of benzene rings is 4. The molecule has 0 aromatic heterocycles. The average Bonchev–Trinajstić information content (AvgIpc) is 2.98. The first-order chi connectivity index (χ1) is 19.5. The summed E-state index contributed by atoms with van der Waals surface area (Å²) in [5.41, 5.74) is 3.20. The van der Waals surface area contributed by atoms with Crippen LogP contribution in [0.3, 0.4) is 0 Å². The number of amides is 1. The van der Waals surface area contributed by atoms with Crippen molar-refractivity contribution in [2.75, 3.05) is 26.3 Å². The summed E-state index contributed by atoms with van der Waals surface area (Å²) in [4.78, 5) is 12.9. The third kappa shape index (κ3) is 7.31. The SMILES string of the molecule is O=C([O-])N1CCC(c2ccc(OCCCOCc3ccccc3)cc2)C(OCc2ccc3ccc(O)cc3c2)C1. The highest BCUT2D eigenvalue weighted by molar-refractivity contribution is 5.84. The molecule has 0 bridgehead atoms. The van der Waals surface area contributed by atoms with Gasteiger partial charge in [0.05, 0.1) is 32.5 Å². The van der Waals surface area contributed by atoms with Gasteiger partial charge in [-0.3, -0.25) is 0 Å². The normalized spacial score (nSPS) is 17.1. The fraction of sp³-hybridized carbons (Fsp3) is 0.303. The van der Waals surface area contributed by atoms with Crippen LogP contribution in [-0.2, 0) is 22.7 Å². The van der Waals surface area contributed by atoms with Crippen molar-refractivity contribution in [2.24, 2.45) is 0 Å². The van der Waals surface area contributed by atoms with Crippen LogP contribution in [0.1, 0.15) is 35.4 Å². The highest BCUT2D eigenvalue weighted by Gasteiger charge is 2.31. The van der Waals surface area contributed by atoms with Gasteiger partial charge in [0.1, 0.15) is 17.6 Å². The summed E-state index contributed by atoms with van der Waals surface area (Å²) in [6.07, 6.45) is -0.0613. The minimum absolute atomic E-state index is 0.0422. The summed E-state index contributed by atoms with van der Waals surface area (Å²) in [6.45, 7) is 2.78. The Bertz CT molecular complexity index is 1390. The molecule has 1 fully saturated rings. The molecule has 1 aliphatic rings. The van der Waals surface area contributed by atoms with Crippen LogP contribution >= 0.6 is 0 Å². The first-order valence-electron chi connectivity index (χ1n) is 13.7. The van der Waals surface area contributed by atoms with E-state index < -0.39 is 6.09 Å². The molecule has 1 amide bonds. The zero-order chi connectivity index (χ0) is 27.7. The van der Waals surface area contributed by atoms with Gasteiger partial charge in [-0.2, -0.15) is 0 Å². The van der Waals surface area contributed by atoms with Gasteiger partial charge >= 0.3 is 0 Å². The number of carbonyl (C=O) groups excluding carboxylic acids is 1. The third-order valence-corrected chi connectivity index (χ3v) is 7.29. The zero-order valence-corrected chi connectivity index (χ0v) is 22.4. The van der Waals surface area contributed by atoms with Gasteiger partial charge in [-0.15, -0.1) is 0 Å². The predicted octanol–water partition coefficient (Wildman–Crippen LogP) is 5.25. The van der Waals surface area contributed by atoms with E-state index in [0.717, 1.165) is 39.6 Å². The molecule has 1 saturated heterocycles. The van der Waals surface area contributed by atoms with E-state index in [4.69, 9.17) is 14.2 Å². The van der Waals surface area contributed by atoms with Crippen LogP contribution in [0.2, 0.25) is 0 Å². The van der Waals surface area contributed by atoms with E-state index in [1.807, 2.05) is 78.9 Å². The van der Waals surface area contributed by atoms with Crippen LogP contribution in [0.25, 0.3) is 10.8 Å². The number of rotatable bonds is 11. The Labute approximate surface area is 234 Å². The minimum Gasteiger partial charge on any atom is -0.530 e. The van der Waals surface area contributed by atoms with E-state index in [9.17, 15) is 15.0 Å². The molecular formula is C33H34NO6-. The topological polar surface area (TPSA) is 91.3 Å². The summed E-state index contributed by atoms with van der Waals surface area (Å²) < 4.78 is 17.9. The smallest absolute Gasteiger partial charge is 0.137 e. The highest BCUT2D eigenvalue weighted by atomic mass is 16.5. The molecule has 7 nitrogen and oxygen atoms in total. The molecule has 2 atom stereocenters. The Morgan fingerprint density at radius 1 is 0.875 bits per heavy atom. The van der Waals surface area contributed by atoms with Crippen LogP contribution in [0.4, 0.5) is 4.79 Å². The number of phenols is 1. The fourth-order valence-electron chi connectivity index (χ4n) is 5.14. The molecule has 1 heterocycles. The van der Waals surface area contributed by atoms with Crippen molar-refractivity contribution >= 4 is 16.9 Å². The molecule has 5 rings (SSSR count). The van der Waals surface area contributed by atoms with Crippen molar-refractivity contribution in [3.63, 3.8) is 0 Å². The number of piperidine rings is 1. The van der Waals surface area contributed by atoms with Crippen molar-refractivity contribution in [1.29, 1.82) is 0 Å². The number of aromatic hydroxyl groups is 1. The standard InChI is InChI=1S/C33H35NO6/c35-29-12-9-26-8-7-25(19-28(26)20-29)23-40-32-21-34(33(36)37)16-15-31(32)27-10-13-30(14-11-27)39-18-4-17-38-22-24-5-2-1-3-6-24/h1-3,5-14,19-20,31-32,35H,4,15-18,21-23H2,(H,36,37)/p-1. The van der Waals surface area contributed by atoms with Crippen LogP contribution in [0, 0.1) is 0 Å². The van der Waals surface area contributed by atoms with E-state index in [1.54, 1.807) is 12.1 Å². The van der Waals surface area contributed by atoms with Crippen molar-refractivity contribution in [3.05, 3.63) is 108 Å². The number of carboxylic acid groups (broad SMARTS) is 1. The lowest BCUT2D eigenvalue weighted by atomic mass is 9.87. The Morgan fingerprint density at radius 3 is 2.48 bits per heavy atom. The lowest BCUT2D eigenvalue weighted by molar-refractivity contribution is -0.268. The van der Waals surface area contributed by atoms with E-state index >= 15 is 0 Å². The second-order valence-electron chi connectivity index (χ2n) is 10.1. The largest absolute Gasteiger partial charge is 0.530 e. The molecule has 4 aromatic rings. The maximum Gasteiger partial charge on any atom is 0.137 e. The number of carbonyl (C=O) groups is 1. The number of ether oxygens (including phenoxy) is 3. The number of likely N-dealkylation sites (tertiary alicyclic amines) is 1. The monoisotopic (exact) mass is 540 g/mol. The summed E-state index contributed by atoms with van der Waals surface area (Å²) >= 11 is 0.